The van der Waals surface area contributed by atoms with Crippen LogP contribution in [0.1, 0.15) is 38.5 Å². The van der Waals surface area contributed by atoms with Gasteiger partial charge in [0.25, 0.3) is 0 Å². The van der Waals surface area contributed by atoms with Crippen molar-refractivity contribution in [2.24, 2.45) is 11.8 Å². The third kappa shape index (κ3) is 2.94. The maximum atomic E-state index is 10.8. The van der Waals surface area contributed by atoms with Crippen LogP contribution in [0.25, 0.3) is 0 Å². The lowest BCUT2D eigenvalue weighted by molar-refractivity contribution is -0.143. The van der Waals surface area contributed by atoms with E-state index in [1.165, 1.54) is 32.2 Å². The fraction of sp³-hybridized carbons (Fsp3) is 0.917. The Balaban J connectivity index is 1.71. The first-order valence-corrected chi connectivity index (χ1v) is 6.21. The van der Waals surface area contributed by atoms with Gasteiger partial charge in [0.2, 0.25) is 0 Å². The third-order valence-electron chi connectivity index (χ3n) is 3.93. The number of hydrogen-bond acceptors (Lipinski definition) is 2. The summed E-state index contributed by atoms with van der Waals surface area (Å²) < 4.78 is 0. The summed E-state index contributed by atoms with van der Waals surface area (Å²) in [4.78, 5) is 13.3. The highest BCUT2D eigenvalue weighted by atomic mass is 16.4. The standard InChI is InChI=1S/C12H21NO2/c14-12(15)11-5-7-13(8-6-11)9-10-3-1-2-4-10/h10-11H,1-9H2,(H,14,15). The van der Waals surface area contributed by atoms with E-state index in [0.29, 0.717) is 0 Å². The first-order valence-electron chi connectivity index (χ1n) is 6.21. The second-order valence-electron chi connectivity index (χ2n) is 5.06. The summed E-state index contributed by atoms with van der Waals surface area (Å²) in [6.07, 6.45) is 7.27. The molecule has 1 N–H and O–H groups in total. The van der Waals surface area contributed by atoms with Crippen LogP contribution < -0.4 is 0 Å². The minimum absolute atomic E-state index is 0.0789. The van der Waals surface area contributed by atoms with Crippen LogP contribution in [0, 0.1) is 11.8 Å². The molecule has 2 rings (SSSR count). The predicted octanol–water partition coefficient (Wildman–Crippen LogP) is 1.97. The molecule has 1 heterocycles. The topological polar surface area (TPSA) is 40.5 Å². The zero-order chi connectivity index (χ0) is 10.7. The Morgan fingerprint density at radius 1 is 1.13 bits per heavy atom. The minimum Gasteiger partial charge on any atom is -0.481 e. The maximum Gasteiger partial charge on any atom is 0.306 e. The number of carbonyl (C=O) groups is 1. The summed E-state index contributed by atoms with van der Waals surface area (Å²) in [7, 11) is 0. The summed E-state index contributed by atoms with van der Waals surface area (Å²) >= 11 is 0. The van der Waals surface area contributed by atoms with Crippen molar-refractivity contribution in [1.82, 2.24) is 4.90 Å². The molecule has 3 heteroatoms. The highest BCUT2D eigenvalue weighted by Gasteiger charge is 2.26. The molecule has 15 heavy (non-hydrogen) atoms. The Bertz CT molecular complexity index is 216. The van der Waals surface area contributed by atoms with E-state index in [9.17, 15) is 4.79 Å². The van der Waals surface area contributed by atoms with E-state index in [4.69, 9.17) is 5.11 Å². The van der Waals surface area contributed by atoms with Crippen LogP contribution in [-0.2, 0) is 4.79 Å². The van der Waals surface area contributed by atoms with E-state index >= 15 is 0 Å². The number of aliphatic carboxylic acids is 1. The van der Waals surface area contributed by atoms with E-state index in [-0.39, 0.29) is 5.92 Å². The summed E-state index contributed by atoms with van der Waals surface area (Å²) in [6.45, 7) is 3.20. The van der Waals surface area contributed by atoms with Gasteiger partial charge in [-0.1, -0.05) is 12.8 Å². The molecule has 0 bridgehead atoms. The molecular formula is C12H21NO2. The molecule has 0 amide bonds. The molecule has 0 aromatic heterocycles. The number of hydrogen-bond donors (Lipinski definition) is 1. The molecule has 1 aliphatic carbocycles. The van der Waals surface area contributed by atoms with Crippen molar-refractivity contribution in [2.75, 3.05) is 19.6 Å². The average Bonchev–Trinajstić information content (AvgIpc) is 2.71. The molecule has 1 saturated heterocycles. The van der Waals surface area contributed by atoms with Crippen LogP contribution in [0.2, 0.25) is 0 Å². The van der Waals surface area contributed by atoms with Crippen molar-refractivity contribution in [3.63, 3.8) is 0 Å². The summed E-state index contributed by atoms with van der Waals surface area (Å²) in [6, 6.07) is 0. The number of carboxylic acid groups (broad SMARTS) is 1. The Labute approximate surface area is 91.5 Å². The van der Waals surface area contributed by atoms with Crippen LogP contribution in [0.15, 0.2) is 0 Å². The van der Waals surface area contributed by atoms with Crippen LogP contribution in [0.5, 0.6) is 0 Å². The molecule has 2 fully saturated rings. The van der Waals surface area contributed by atoms with Crippen molar-refractivity contribution in [3.8, 4) is 0 Å². The summed E-state index contributed by atoms with van der Waals surface area (Å²) in [5.74, 6) is 0.215. The monoisotopic (exact) mass is 211 g/mol. The predicted molar refractivity (Wildman–Crippen MR) is 58.8 cm³/mol. The quantitative estimate of drug-likeness (QED) is 0.776. The Morgan fingerprint density at radius 2 is 1.73 bits per heavy atom. The van der Waals surface area contributed by atoms with Gasteiger partial charge in [-0.3, -0.25) is 4.79 Å². The third-order valence-corrected chi connectivity index (χ3v) is 3.93. The molecule has 3 nitrogen and oxygen atoms in total. The van der Waals surface area contributed by atoms with Gasteiger partial charge >= 0.3 is 5.97 Å². The number of carboxylic acids is 1. The fourth-order valence-electron chi connectivity index (χ4n) is 2.92. The van der Waals surface area contributed by atoms with E-state index < -0.39 is 5.97 Å². The van der Waals surface area contributed by atoms with Crippen molar-refractivity contribution < 1.29 is 9.90 Å². The van der Waals surface area contributed by atoms with Gasteiger partial charge in [0, 0.05) is 6.54 Å². The van der Waals surface area contributed by atoms with Gasteiger partial charge in [0.1, 0.15) is 0 Å². The second-order valence-corrected chi connectivity index (χ2v) is 5.06. The SMILES string of the molecule is O=C(O)C1CCN(CC2CCCC2)CC1. The van der Waals surface area contributed by atoms with E-state index in [2.05, 4.69) is 4.90 Å². The molecule has 0 radical (unpaired) electrons. The highest BCUT2D eigenvalue weighted by molar-refractivity contribution is 5.70. The molecular weight excluding hydrogens is 190 g/mol. The van der Waals surface area contributed by atoms with Crippen LogP contribution >= 0.6 is 0 Å². The normalized spacial score (nSPS) is 25.9. The van der Waals surface area contributed by atoms with Crippen molar-refractivity contribution in [3.05, 3.63) is 0 Å². The Hall–Kier alpha value is -0.570. The molecule has 1 saturated carbocycles. The minimum atomic E-state index is -0.601. The molecule has 0 aromatic rings. The lowest BCUT2D eigenvalue weighted by Gasteiger charge is -2.31. The van der Waals surface area contributed by atoms with Crippen LogP contribution in [-0.4, -0.2) is 35.6 Å². The maximum absolute atomic E-state index is 10.8. The molecule has 2 aliphatic rings. The molecule has 0 atom stereocenters. The zero-order valence-electron chi connectivity index (χ0n) is 9.32. The Morgan fingerprint density at radius 3 is 2.27 bits per heavy atom. The van der Waals surface area contributed by atoms with Gasteiger partial charge in [0.05, 0.1) is 5.92 Å². The van der Waals surface area contributed by atoms with Crippen molar-refractivity contribution in [2.45, 2.75) is 38.5 Å². The average molecular weight is 211 g/mol. The molecule has 0 spiro atoms. The highest BCUT2D eigenvalue weighted by Crippen LogP contribution is 2.27. The first-order chi connectivity index (χ1) is 7.25. The van der Waals surface area contributed by atoms with Crippen molar-refractivity contribution in [1.29, 1.82) is 0 Å². The smallest absolute Gasteiger partial charge is 0.306 e. The number of nitrogens with zero attached hydrogens (tertiary/aromatic N) is 1. The van der Waals surface area contributed by atoms with Gasteiger partial charge in [-0.25, -0.2) is 0 Å². The molecule has 0 unspecified atom stereocenters. The molecule has 0 aromatic carbocycles. The Kier molecular flexibility index (Phi) is 3.62. The van der Waals surface area contributed by atoms with Gasteiger partial charge in [-0.2, -0.15) is 0 Å². The van der Waals surface area contributed by atoms with Crippen LogP contribution in [0.4, 0.5) is 0 Å². The van der Waals surface area contributed by atoms with Crippen LogP contribution in [0.3, 0.4) is 0 Å². The van der Waals surface area contributed by atoms with E-state index in [1.54, 1.807) is 0 Å². The fourth-order valence-corrected chi connectivity index (χ4v) is 2.92. The lowest BCUT2D eigenvalue weighted by Crippen LogP contribution is -2.38. The summed E-state index contributed by atoms with van der Waals surface area (Å²) in [5.41, 5.74) is 0. The van der Waals surface area contributed by atoms with Gasteiger partial charge in [0.15, 0.2) is 0 Å². The molecule has 1 aliphatic heterocycles. The number of likely N-dealkylation sites (tertiary alicyclic amines) is 1. The van der Waals surface area contributed by atoms with Gasteiger partial charge < -0.3 is 10.0 Å². The second kappa shape index (κ2) is 4.97. The number of rotatable bonds is 3. The van der Waals surface area contributed by atoms with E-state index in [1.807, 2.05) is 0 Å². The largest absolute Gasteiger partial charge is 0.481 e. The number of piperidine rings is 1. The van der Waals surface area contributed by atoms with Gasteiger partial charge in [-0.15, -0.1) is 0 Å². The van der Waals surface area contributed by atoms with E-state index in [0.717, 1.165) is 31.8 Å². The van der Waals surface area contributed by atoms with Crippen molar-refractivity contribution >= 4 is 5.97 Å². The summed E-state index contributed by atoms with van der Waals surface area (Å²) in [5, 5.41) is 8.89. The molecule has 86 valence electrons. The lowest BCUT2D eigenvalue weighted by atomic mass is 9.96. The van der Waals surface area contributed by atoms with Gasteiger partial charge in [-0.05, 0) is 44.7 Å². The first kappa shape index (κ1) is 10.9. The zero-order valence-corrected chi connectivity index (χ0v) is 9.32.